The molecule has 1 aromatic rings. The molecule has 0 fully saturated rings. The van der Waals surface area contributed by atoms with Crippen LogP contribution in [0.15, 0.2) is 29.2 Å². The molecule has 1 rings (SSSR count). The van der Waals surface area contributed by atoms with Gasteiger partial charge in [0.1, 0.15) is 0 Å². The van der Waals surface area contributed by atoms with Crippen LogP contribution in [0.25, 0.3) is 0 Å². The minimum Gasteiger partial charge on any atom is -0.330 e. The third-order valence-electron chi connectivity index (χ3n) is 1.84. The average Bonchev–Trinajstić information content (AvgIpc) is 2.16. The second kappa shape index (κ2) is 5.98. The summed E-state index contributed by atoms with van der Waals surface area (Å²) in [7, 11) is 0. The molecule has 0 aromatic heterocycles. The number of alkyl halides is 2. The van der Waals surface area contributed by atoms with Gasteiger partial charge in [-0.1, -0.05) is 30.0 Å². The summed E-state index contributed by atoms with van der Waals surface area (Å²) < 4.78 is 24.3. The van der Waals surface area contributed by atoms with Crippen molar-refractivity contribution in [3.8, 4) is 0 Å². The summed E-state index contributed by atoms with van der Waals surface area (Å²) in [5, 5.41) is 0. The molecule has 78 valence electrons. The molecule has 0 amide bonds. The van der Waals surface area contributed by atoms with E-state index in [2.05, 4.69) is 0 Å². The normalized spacial score (nSPS) is 10.9. The Balaban J connectivity index is 2.69. The monoisotopic (exact) mass is 217 g/mol. The molecule has 0 saturated carbocycles. The summed E-state index contributed by atoms with van der Waals surface area (Å²) in [5.41, 5.74) is 6.33. The second-order valence-electron chi connectivity index (χ2n) is 2.88. The van der Waals surface area contributed by atoms with E-state index in [0.717, 1.165) is 18.4 Å². The van der Waals surface area contributed by atoms with Crippen molar-refractivity contribution in [1.29, 1.82) is 0 Å². The number of thioether (sulfide) groups is 1. The number of rotatable bonds is 5. The molecule has 0 spiro atoms. The molecule has 14 heavy (non-hydrogen) atoms. The zero-order valence-electron chi connectivity index (χ0n) is 7.75. The van der Waals surface area contributed by atoms with Crippen LogP contribution in [-0.2, 0) is 6.42 Å². The molecule has 0 atom stereocenters. The molecule has 1 nitrogen and oxygen atoms in total. The minimum atomic E-state index is -2.35. The minimum absolute atomic E-state index is 0.591. The fourth-order valence-corrected chi connectivity index (χ4v) is 1.88. The maximum Gasteiger partial charge on any atom is 0.288 e. The van der Waals surface area contributed by atoms with Gasteiger partial charge in [-0.3, -0.25) is 0 Å². The first-order chi connectivity index (χ1) is 6.74. The summed E-state index contributed by atoms with van der Waals surface area (Å²) >= 11 is 0.601. The second-order valence-corrected chi connectivity index (χ2v) is 3.91. The molecule has 0 bridgehead atoms. The van der Waals surface area contributed by atoms with Gasteiger partial charge < -0.3 is 5.73 Å². The summed E-state index contributed by atoms with van der Waals surface area (Å²) in [6.45, 7) is 0.591. The van der Waals surface area contributed by atoms with E-state index in [4.69, 9.17) is 5.73 Å². The Kier molecular flexibility index (Phi) is 4.90. The standard InChI is InChI=1S/C10H13F2NS/c11-10(12)14-9-6-2-1-4-8(9)5-3-7-13/h1-2,4,6,10H,3,5,7,13H2. The zero-order valence-corrected chi connectivity index (χ0v) is 8.57. The van der Waals surface area contributed by atoms with Crippen LogP contribution in [0.1, 0.15) is 12.0 Å². The maximum atomic E-state index is 12.2. The van der Waals surface area contributed by atoms with Crippen molar-refractivity contribution in [2.75, 3.05) is 6.54 Å². The Labute approximate surface area is 86.7 Å². The average molecular weight is 217 g/mol. The van der Waals surface area contributed by atoms with Gasteiger partial charge in [0.25, 0.3) is 5.76 Å². The fraction of sp³-hybridized carbons (Fsp3) is 0.400. The first-order valence-electron chi connectivity index (χ1n) is 4.47. The summed E-state index contributed by atoms with van der Waals surface area (Å²) in [6.07, 6.45) is 1.60. The number of aryl methyl sites for hydroxylation is 1. The number of hydrogen-bond acceptors (Lipinski definition) is 2. The van der Waals surface area contributed by atoms with Crippen molar-refractivity contribution in [2.24, 2.45) is 5.73 Å². The highest BCUT2D eigenvalue weighted by Gasteiger charge is 2.08. The lowest BCUT2D eigenvalue weighted by molar-refractivity contribution is 0.252. The first-order valence-corrected chi connectivity index (χ1v) is 5.35. The van der Waals surface area contributed by atoms with Gasteiger partial charge in [0.15, 0.2) is 0 Å². The van der Waals surface area contributed by atoms with Crippen LogP contribution in [0.2, 0.25) is 0 Å². The van der Waals surface area contributed by atoms with Crippen molar-refractivity contribution in [3.63, 3.8) is 0 Å². The third-order valence-corrected chi connectivity index (χ3v) is 2.67. The predicted molar refractivity (Wildman–Crippen MR) is 55.7 cm³/mol. The van der Waals surface area contributed by atoms with Crippen molar-refractivity contribution in [1.82, 2.24) is 0 Å². The van der Waals surface area contributed by atoms with E-state index in [9.17, 15) is 8.78 Å². The van der Waals surface area contributed by atoms with E-state index in [1.54, 1.807) is 12.1 Å². The van der Waals surface area contributed by atoms with Crippen LogP contribution < -0.4 is 5.73 Å². The Morgan fingerprint density at radius 1 is 1.29 bits per heavy atom. The molecular formula is C10H13F2NS. The van der Waals surface area contributed by atoms with E-state index in [0.29, 0.717) is 23.2 Å². The van der Waals surface area contributed by atoms with Crippen LogP contribution in [-0.4, -0.2) is 12.3 Å². The van der Waals surface area contributed by atoms with Crippen molar-refractivity contribution >= 4 is 11.8 Å². The van der Waals surface area contributed by atoms with Crippen LogP contribution in [0, 0.1) is 0 Å². The highest BCUT2D eigenvalue weighted by atomic mass is 32.2. The zero-order chi connectivity index (χ0) is 10.4. The highest BCUT2D eigenvalue weighted by molar-refractivity contribution is 7.99. The molecule has 0 aliphatic rings. The van der Waals surface area contributed by atoms with Crippen LogP contribution >= 0.6 is 11.8 Å². The molecule has 0 heterocycles. The van der Waals surface area contributed by atoms with Gasteiger partial charge in [-0.2, -0.15) is 8.78 Å². The SMILES string of the molecule is NCCCc1ccccc1SC(F)F. The Hall–Kier alpha value is -0.610. The van der Waals surface area contributed by atoms with Crippen LogP contribution in [0.3, 0.4) is 0 Å². The molecule has 0 aliphatic heterocycles. The van der Waals surface area contributed by atoms with E-state index >= 15 is 0 Å². The van der Waals surface area contributed by atoms with Crippen LogP contribution in [0.5, 0.6) is 0 Å². The van der Waals surface area contributed by atoms with E-state index in [1.807, 2.05) is 12.1 Å². The molecule has 0 aliphatic carbocycles. The van der Waals surface area contributed by atoms with E-state index in [1.165, 1.54) is 0 Å². The summed E-state index contributed by atoms with van der Waals surface area (Å²) in [5.74, 6) is -2.35. The third kappa shape index (κ3) is 3.64. The summed E-state index contributed by atoms with van der Waals surface area (Å²) in [6, 6.07) is 7.24. The Bertz CT molecular complexity index is 279. The van der Waals surface area contributed by atoms with Gasteiger partial charge in [-0.25, -0.2) is 0 Å². The van der Waals surface area contributed by atoms with Crippen molar-refractivity contribution in [3.05, 3.63) is 29.8 Å². The lowest BCUT2D eigenvalue weighted by atomic mass is 10.1. The smallest absolute Gasteiger partial charge is 0.288 e. The number of halogens is 2. The van der Waals surface area contributed by atoms with Gasteiger partial charge >= 0.3 is 0 Å². The van der Waals surface area contributed by atoms with Crippen LogP contribution in [0.4, 0.5) is 8.78 Å². The van der Waals surface area contributed by atoms with Gasteiger partial charge in [-0.15, -0.1) is 0 Å². The highest BCUT2D eigenvalue weighted by Crippen LogP contribution is 2.28. The van der Waals surface area contributed by atoms with E-state index < -0.39 is 5.76 Å². The number of nitrogens with two attached hydrogens (primary N) is 1. The fourth-order valence-electron chi connectivity index (χ4n) is 1.21. The van der Waals surface area contributed by atoms with Gasteiger partial charge in [0.2, 0.25) is 0 Å². The number of hydrogen-bond donors (Lipinski definition) is 1. The quantitative estimate of drug-likeness (QED) is 0.767. The molecule has 1 aromatic carbocycles. The predicted octanol–water partition coefficient (Wildman–Crippen LogP) is 2.89. The largest absolute Gasteiger partial charge is 0.330 e. The van der Waals surface area contributed by atoms with E-state index in [-0.39, 0.29) is 0 Å². The molecular weight excluding hydrogens is 204 g/mol. The van der Waals surface area contributed by atoms with Crippen molar-refractivity contribution in [2.45, 2.75) is 23.5 Å². The summed E-state index contributed by atoms with van der Waals surface area (Å²) in [4.78, 5) is 0.663. The lowest BCUT2D eigenvalue weighted by Gasteiger charge is -2.07. The molecule has 0 radical (unpaired) electrons. The Morgan fingerprint density at radius 2 is 2.00 bits per heavy atom. The van der Waals surface area contributed by atoms with Gasteiger partial charge in [-0.05, 0) is 31.0 Å². The maximum absolute atomic E-state index is 12.2. The van der Waals surface area contributed by atoms with Gasteiger partial charge in [0.05, 0.1) is 0 Å². The van der Waals surface area contributed by atoms with Gasteiger partial charge in [0, 0.05) is 4.90 Å². The Morgan fingerprint density at radius 3 is 2.64 bits per heavy atom. The number of benzene rings is 1. The molecule has 4 heteroatoms. The lowest BCUT2D eigenvalue weighted by Crippen LogP contribution is -2.01. The molecule has 0 saturated heterocycles. The van der Waals surface area contributed by atoms with Crippen molar-refractivity contribution < 1.29 is 8.78 Å². The molecule has 0 unspecified atom stereocenters. The molecule has 2 N–H and O–H groups in total. The first kappa shape index (κ1) is 11.5. The topological polar surface area (TPSA) is 26.0 Å².